The van der Waals surface area contributed by atoms with Crippen LogP contribution in [0, 0.1) is 6.92 Å². The SMILES string of the molecule is Cc1cc(C(=O)NCCc2ccc(Cc3sc(=O)[nH]c3O)cc2)no1. The second kappa shape index (κ2) is 7.35. The largest absolute Gasteiger partial charge is 0.494 e. The summed E-state index contributed by atoms with van der Waals surface area (Å²) >= 11 is 1.01. The fourth-order valence-corrected chi connectivity index (χ4v) is 3.12. The monoisotopic (exact) mass is 359 g/mol. The maximum Gasteiger partial charge on any atom is 0.307 e. The predicted molar refractivity (Wildman–Crippen MR) is 93.1 cm³/mol. The van der Waals surface area contributed by atoms with E-state index in [1.165, 1.54) is 0 Å². The van der Waals surface area contributed by atoms with E-state index in [4.69, 9.17) is 4.52 Å². The molecule has 0 aliphatic rings. The van der Waals surface area contributed by atoms with Gasteiger partial charge in [0.05, 0.1) is 4.88 Å². The molecule has 130 valence electrons. The molecule has 3 aromatic rings. The molecule has 2 aromatic heterocycles. The van der Waals surface area contributed by atoms with Crippen molar-refractivity contribution in [3.8, 4) is 5.88 Å². The Morgan fingerprint density at radius 2 is 2.04 bits per heavy atom. The number of aromatic nitrogens is 2. The normalized spacial score (nSPS) is 10.8. The molecule has 3 rings (SSSR count). The average Bonchev–Trinajstić information content (AvgIpc) is 3.14. The van der Waals surface area contributed by atoms with Crippen LogP contribution in [0.3, 0.4) is 0 Å². The molecule has 0 bridgehead atoms. The summed E-state index contributed by atoms with van der Waals surface area (Å²) < 4.78 is 4.87. The third-order valence-electron chi connectivity index (χ3n) is 3.65. The summed E-state index contributed by atoms with van der Waals surface area (Å²) in [5.41, 5.74) is 2.35. The number of carbonyl (C=O) groups excluding carboxylic acids is 1. The van der Waals surface area contributed by atoms with Gasteiger partial charge in [-0.3, -0.25) is 14.6 Å². The second-order valence-electron chi connectivity index (χ2n) is 5.61. The zero-order chi connectivity index (χ0) is 17.8. The van der Waals surface area contributed by atoms with E-state index in [1.54, 1.807) is 13.0 Å². The van der Waals surface area contributed by atoms with Crippen molar-refractivity contribution in [3.63, 3.8) is 0 Å². The van der Waals surface area contributed by atoms with Gasteiger partial charge in [0.1, 0.15) is 5.76 Å². The van der Waals surface area contributed by atoms with Crippen LogP contribution in [-0.4, -0.2) is 27.7 Å². The van der Waals surface area contributed by atoms with Crippen LogP contribution in [0.15, 0.2) is 39.6 Å². The van der Waals surface area contributed by atoms with Gasteiger partial charge in [0.2, 0.25) is 5.88 Å². The molecule has 0 unspecified atom stereocenters. The van der Waals surface area contributed by atoms with E-state index >= 15 is 0 Å². The lowest BCUT2D eigenvalue weighted by molar-refractivity contribution is 0.0945. The molecule has 1 amide bonds. The highest BCUT2D eigenvalue weighted by Gasteiger charge is 2.10. The summed E-state index contributed by atoms with van der Waals surface area (Å²) in [7, 11) is 0. The fourth-order valence-electron chi connectivity index (χ4n) is 2.37. The smallest absolute Gasteiger partial charge is 0.307 e. The second-order valence-corrected chi connectivity index (χ2v) is 6.68. The molecule has 0 fully saturated rings. The maximum absolute atomic E-state index is 11.9. The Labute approximate surface area is 147 Å². The zero-order valence-corrected chi connectivity index (χ0v) is 14.4. The van der Waals surface area contributed by atoms with Crippen LogP contribution in [0.25, 0.3) is 0 Å². The number of hydrogen-bond acceptors (Lipinski definition) is 6. The van der Waals surface area contributed by atoms with Gasteiger partial charge in [-0.2, -0.15) is 0 Å². The van der Waals surface area contributed by atoms with E-state index in [-0.39, 0.29) is 22.4 Å². The molecule has 7 nitrogen and oxygen atoms in total. The van der Waals surface area contributed by atoms with Crippen molar-refractivity contribution in [1.82, 2.24) is 15.5 Å². The summed E-state index contributed by atoms with van der Waals surface area (Å²) in [5, 5.41) is 16.1. The molecule has 0 radical (unpaired) electrons. The number of thiazole rings is 1. The van der Waals surface area contributed by atoms with E-state index in [0.717, 1.165) is 22.5 Å². The van der Waals surface area contributed by atoms with Gasteiger partial charge in [-0.25, -0.2) is 0 Å². The van der Waals surface area contributed by atoms with Crippen molar-refractivity contribution < 1.29 is 14.4 Å². The molecule has 25 heavy (non-hydrogen) atoms. The lowest BCUT2D eigenvalue weighted by atomic mass is 10.1. The van der Waals surface area contributed by atoms with Crippen molar-refractivity contribution in [2.75, 3.05) is 6.54 Å². The molecule has 0 aliphatic heterocycles. The average molecular weight is 359 g/mol. The van der Waals surface area contributed by atoms with E-state index < -0.39 is 0 Å². The van der Waals surface area contributed by atoms with Crippen LogP contribution >= 0.6 is 11.3 Å². The number of rotatable bonds is 6. The van der Waals surface area contributed by atoms with Crippen LogP contribution in [0.2, 0.25) is 0 Å². The van der Waals surface area contributed by atoms with Gasteiger partial charge < -0.3 is 14.9 Å². The molecule has 0 aliphatic carbocycles. The third kappa shape index (κ3) is 4.36. The lowest BCUT2D eigenvalue weighted by Crippen LogP contribution is -2.25. The van der Waals surface area contributed by atoms with E-state index in [0.29, 0.717) is 30.0 Å². The number of nitrogens with one attached hydrogen (secondary N) is 2. The zero-order valence-electron chi connectivity index (χ0n) is 13.5. The number of hydrogen-bond donors (Lipinski definition) is 3. The number of amides is 1. The summed E-state index contributed by atoms with van der Waals surface area (Å²) in [6.07, 6.45) is 1.18. The number of aryl methyl sites for hydroxylation is 1. The number of carbonyl (C=O) groups is 1. The number of H-pyrrole nitrogens is 1. The number of benzene rings is 1. The Balaban J connectivity index is 1.51. The summed E-state index contributed by atoms with van der Waals surface area (Å²) in [6, 6.07) is 9.42. The van der Waals surface area contributed by atoms with Gasteiger partial charge in [-0.1, -0.05) is 40.8 Å². The third-order valence-corrected chi connectivity index (χ3v) is 4.52. The fraction of sp³-hybridized carbons (Fsp3) is 0.235. The Hall–Kier alpha value is -2.87. The van der Waals surface area contributed by atoms with Crippen molar-refractivity contribution in [2.45, 2.75) is 19.8 Å². The molecule has 2 heterocycles. The first-order chi connectivity index (χ1) is 12.0. The minimum absolute atomic E-state index is 0.0649. The van der Waals surface area contributed by atoms with Gasteiger partial charge in [-0.15, -0.1) is 0 Å². The maximum atomic E-state index is 11.9. The number of aromatic hydroxyl groups is 1. The molecule has 0 atom stereocenters. The summed E-state index contributed by atoms with van der Waals surface area (Å²) in [6.45, 7) is 2.22. The van der Waals surface area contributed by atoms with Crippen molar-refractivity contribution in [2.24, 2.45) is 0 Å². The van der Waals surface area contributed by atoms with E-state index in [9.17, 15) is 14.7 Å². The van der Waals surface area contributed by atoms with Gasteiger partial charge in [-0.05, 0) is 24.5 Å². The van der Waals surface area contributed by atoms with Crippen LogP contribution < -0.4 is 10.2 Å². The van der Waals surface area contributed by atoms with Crippen molar-refractivity contribution >= 4 is 17.2 Å². The Morgan fingerprint density at radius 1 is 1.32 bits per heavy atom. The lowest BCUT2D eigenvalue weighted by Gasteiger charge is -2.05. The van der Waals surface area contributed by atoms with Crippen LogP contribution in [0.4, 0.5) is 0 Å². The first-order valence-corrected chi connectivity index (χ1v) is 8.53. The van der Waals surface area contributed by atoms with Gasteiger partial charge in [0.15, 0.2) is 5.69 Å². The summed E-state index contributed by atoms with van der Waals surface area (Å²) in [5.74, 6) is 0.274. The van der Waals surface area contributed by atoms with Crippen molar-refractivity contribution in [3.05, 3.63) is 67.5 Å². The molecule has 0 saturated heterocycles. The molecule has 8 heteroatoms. The van der Waals surface area contributed by atoms with Gasteiger partial charge >= 0.3 is 4.87 Å². The quantitative estimate of drug-likeness (QED) is 0.624. The van der Waals surface area contributed by atoms with Crippen LogP contribution in [-0.2, 0) is 12.8 Å². The first-order valence-electron chi connectivity index (χ1n) is 7.71. The Morgan fingerprint density at radius 3 is 2.64 bits per heavy atom. The first kappa shape index (κ1) is 17.0. The predicted octanol–water partition coefficient (Wildman–Crippen LogP) is 2.00. The van der Waals surface area contributed by atoms with Gasteiger partial charge in [0.25, 0.3) is 5.91 Å². The molecule has 3 N–H and O–H groups in total. The molecule has 0 spiro atoms. The number of aromatic amines is 1. The highest BCUT2D eigenvalue weighted by Crippen LogP contribution is 2.20. The Kier molecular flexibility index (Phi) is 4.99. The molecule has 1 aromatic carbocycles. The minimum atomic E-state index is -0.262. The molecule has 0 saturated carbocycles. The highest BCUT2D eigenvalue weighted by atomic mass is 32.1. The van der Waals surface area contributed by atoms with E-state index in [2.05, 4.69) is 15.5 Å². The van der Waals surface area contributed by atoms with E-state index in [1.807, 2.05) is 24.3 Å². The minimum Gasteiger partial charge on any atom is -0.494 e. The number of nitrogens with zero attached hydrogens (tertiary/aromatic N) is 1. The topological polar surface area (TPSA) is 108 Å². The van der Waals surface area contributed by atoms with Crippen LogP contribution in [0.5, 0.6) is 5.88 Å². The van der Waals surface area contributed by atoms with Gasteiger partial charge in [0, 0.05) is 19.0 Å². The Bertz CT molecular complexity index is 924. The highest BCUT2D eigenvalue weighted by molar-refractivity contribution is 7.09. The van der Waals surface area contributed by atoms with Crippen LogP contribution in [0.1, 0.15) is 32.3 Å². The molecular formula is C17H17N3O4S. The standard InChI is InChI=1S/C17H17N3O4S/c1-10-8-13(20-24-10)15(21)18-7-6-11-2-4-12(5-3-11)9-14-16(22)19-17(23)25-14/h2-5,8,22H,6-7,9H2,1H3,(H,18,21)(H,19,23). The van der Waals surface area contributed by atoms with Crippen molar-refractivity contribution in [1.29, 1.82) is 0 Å². The summed E-state index contributed by atoms with van der Waals surface area (Å²) in [4.78, 5) is 25.8. The molecular weight excluding hydrogens is 342 g/mol.